The Morgan fingerprint density at radius 3 is 2.57 bits per heavy atom. The fourth-order valence-electron chi connectivity index (χ4n) is 3.03. The topological polar surface area (TPSA) is 58.6 Å². The molecule has 148 valence electrons. The van der Waals surface area contributed by atoms with Gasteiger partial charge < -0.3 is 15.0 Å². The predicted molar refractivity (Wildman–Crippen MR) is 98.1 cm³/mol. The molecule has 3 rings (SSSR count). The molecule has 0 bridgehead atoms. The quantitative estimate of drug-likeness (QED) is 0.834. The van der Waals surface area contributed by atoms with Gasteiger partial charge in [0.1, 0.15) is 5.75 Å². The van der Waals surface area contributed by atoms with E-state index in [1.807, 2.05) is 6.92 Å². The highest BCUT2D eigenvalue weighted by Gasteiger charge is 2.37. The summed E-state index contributed by atoms with van der Waals surface area (Å²) in [6.45, 7) is 2.42. The van der Waals surface area contributed by atoms with Gasteiger partial charge >= 0.3 is 6.18 Å². The first-order valence-electron chi connectivity index (χ1n) is 8.79. The van der Waals surface area contributed by atoms with E-state index in [9.17, 15) is 22.8 Å². The van der Waals surface area contributed by atoms with E-state index in [1.54, 1.807) is 24.3 Å². The van der Waals surface area contributed by atoms with E-state index in [4.69, 9.17) is 4.74 Å². The molecule has 0 aromatic heterocycles. The van der Waals surface area contributed by atoms with E-state index < -0.39 is 17.7 Å². The highest BCUT2D eigenvalue weighted by molar-refractivity contribution is 6.03. The lowest BCUT2D eigenvalue weighted by molar-refractivity contribution is -0.137. The Bertz CT molecular complexity index is 866. The van der Waals surface area contributed by atoms with Crippen LogP contribution in [0.4, 0.5) is 24.5 Å². The van der Waals surface area contributed by atoms with Crippen LogP contribution in [0.3, 0.4) is 0 Å². The number of hydrogen-bond donors (Lipinski definition) is 1. The number of amides is 2. The second-order valence-corrected chi connectivity index (χ2v) is 6.40. The molecule has 1 atom stereocenters. The molecular formula is C20H19F3N2O3. The van der Waals surface area contributed by atoms with E-state index in [0.717, 1.165) is 12.1 Å². The summed E-state index contributed by atoms with van der Waals surface area (Å²) in [4.78, 5) is 26.0. The van der Waals surface area contributed by atoms with Crippen molar-refractivity contribution in [2.24, 2.45) is 5.92 Å². The Hall–Kier alpha value is -3.03. The van der Waals surface area contributed by atoms with Crippen LogP contribution >= 0.6 is 0 Å². The van der Waals surface area contributed by atoms with E-state index in [-0.39, 0.29) is 30.5 Å². The standard InChI is InChI=1S/C20H19F3N2O3/c1-2-28-17-8-6-15(7-9-17)24-19(27)13-10-18(26)25(12-13)16-5-3-4-14(11-16)20(21,22)23/h3-9,11,13H,2,10,12H2,1H3,(H,24,27)/t13-/m1/s1. The largest absolute Gasteiger partial charge is 0.494 e. The smallest absolute Gasteiger partial charge is 0.416 e. The average molecular weight is 392 g/mol. The fraction of sp³-hybridized carbons (Fsp3) is 0.300. The van der Waals surface area contributed by atoms with Crippen molar-refractivity contribution in [2.75, 3.05) is 23.4 Å². The molecule has 0 spiro atoms. The molecule has 1 fully saturated rings. The Morgan fingerprint density at radius 1 is 1.21 bits per heavy atom. The summed E-state index contributed by atoms with van der Waals surface area (Å²) in [5.41, 5.74) is -0.144. The number of hydrogen-bond acceptors (Lipinski definition) is 3. The van der Waals surface area contributed by atoms with E-state index in [2.05, 4.69) is 5.32 Å². The normalized spacial score (nSPS) is 16.9. The number of nitrogens with zero attached hydrogens (tertiary/aromatic N) is 1. The molecule has 1 N–H and O–H groups in total. The monoisotopic (exact) mass is 392 g/mol. The first-order valence-corrected chi connectivity index (χ1v) is 8.79. The van der Waals surface area contributed by atoms with Crippen LogP contribution in [0.25, 0.3) is 0 Å². The van der Waals surface area contributed by atoms with E-state index in [0.29, 0.717) is 18.0 Å². The van der Waals surface area contributed by atoms with Crippen molar-refractivity contribution < 1.29 is 27.5 Å². The van der Waals surface area contributed by atoms with Crippen molar-refractivity contribution in [1.29, 1.82) is 0 Å². The highest BCUT2D eigenvalue weighted by atomic mass is 19.4. The van der Waals surface area contributed by atoms with Gasteiger partial charge in [-0.15, -0.1) is 0 Å². The lowest BCUT2D eigenvalue weighted by Crippen LogP contribution is -2.28. The SMILES string of the molecule is CCOc1ccc(NC(=O)[C@@H]2CC(=O)N(c3cccc(C(F)(F)F)c3)C2)cc1. The molecule has 2 aromatic rings. The number of anilines is 2. The second kappa shape index (κ2) is 7.92. The van der Waals surface area contributed by atoms with Gasteiger partial charge in [-0.1, -0.05) is 6.07 Å². The van der Waals surface area contributed by atoms with Crippen molar-refractivity contribution in [1.82, 2.24) is 0 Å². The van der Waals surface area contributed by atoms with Gasteiger partial charge in [0.2, 0.25) is 11.8 Å². The third-order valence-corrected chi connectivity index (χ3v) is 4.41. The van der Waals surface area contributed by atoms with Crippen LogP contribution in [0, 0.1) is 5.92 Å². The molecule has 0 saturated carbocycles. The number of alkyl halides is 3. The molecule has 0 unspecified atom stereocenters. The number of carbonyl (C=O) groups is 2. The van der Waals surface area contributed by atoms with Crippen LogP contribution in [-0.4, -0.2) is 25.0 Å². The maximum atomic E-state index is 12.9. The first kappa shape index (κ1) is 19.7. The molecule has 5 nitrogen and oxygen atoms in total. The third kappa shape index (κ3) is 4.44. The predicted octanol–water partition coefficient (Wildman–Crippen LogP) is 4.10. The Kier molecular flexibility index (Phi) is 5.58. The minimum absolute atomic E-state index is 0.0308. The van der Waals surface area contributed by atoms with Gasteiger partial charge in [0.25, 0.3) is 0 Å². The van der Waals surface area contributed by atoms with Gasteiger partial charge in [-0.05, 0) is 49.4 Å². The number of rotatable bonds is 5. The third-order valence-electron chi connectivity index (χ3n) is 4.41. The lowest BCUT2D eigenvalue weighted by Gasteiger charge is -2.18. The lowest BCUT2D eigenvalue weighted by atomic mass is 10.1. The molecule has 8 heteroatoms. The second-order valence-electron chi connectivity index (χ2n) is 6.40. The van der Waals surface area contributed by atoms with Gasteiger partial charge in [0, 0.05) is 24.3 Å². The minimum atomic E-state index is -4.50. The maximum absolute atomic E-state index is 12.9. The number of benzene rings is 2. The summed E-state index contributed by atoms with van der Waals surface area (Å²) in [7, 11) is 0. The molecule has 1 aliphatic heterocycles. The number of carbonyl (C=O) groups excluding carboxylic acids is 2. The minimum Gasteiger partial charge on any atom is -0.494 e. The summed E-state index contributed by atoms with van der Waals surface area (Å²) in [5, 5.41) is 2.73. The molecule has 0 aliphatic carbocycles. The zero-order valence-corrected chi connectivity index (χ0v) is 15.1. The van der Waals surface area contributed by atoms with Crippen molar-refractivity contribution in [3.63, 3.8) is 0 Å². The van der Waals surface area contributed by atoms with Crippen LogP contribution in [0.2, 0.25) is 0 Å². The summed E-state index contributed by atoms with van der Waals surface area (Å²) in [6, 6.07) is 11.3. The average Bonchev–Trinajstić information content (AvgIpc) is 3.05. The Balaban J connectivity index is 1.67. The summed E-state index contributed by atoms with van der Waals surface area (Å²) in [6.07, 6.45) is -4.55. The number of nitrogens with one attached hydrogen (secondary N) is 1. The maximum Gasteiger partial charge on any atom is 0.416 e. The van der Waals surface area contributed by atoms with Crippen molar-refractivity contribution in [3.8, 4) is 5.75 Å². The van der Waals surface area contributed by atoms with Gasteiger partial charge in [-0.2, -0.15) is 13.2 Å². The zero-order valence-electron chi connectivity index (χ0n) is 15.1. The van der Waals surface area contributed by atoms with Gasteiger partial charge in [0.05, 0.1) is 18.1 Å². The number of halogens is 3. The van der Waals surface area contributed by atoms with Crippen molar-refractivity contribution >= 4 is 23.2 Å². The van der Waals surface area contributed by atoms with Crippen LogP contribution in [0.15, 0.2) is 48.5 Å². The summed E-state index contributed by atoms with van der Waals surface area (Å²) < 4.78 is 44.0. The van der Waals surface area contributed by atoms with Crippen LogP contribution in [0.5, 0.6) is 5.75 Å². The van der Waals surface area contributed by atoms with Crippen molar-refractivity contribution in [2.45, 2.75) is 19.5 Å². The highest BCUT2D eigenvalue weighted by Crippen LogP contribution is 2.33. The van der Waals surface area contributed by atoms with Crippen molar-refractivity contribution in [3.05, 3.63) is 54.1 Å². The Labute approximate surface area is 160 Å². The van der Waals surface area contributed by atoms with Gasteiger partial charge in [-0.25, -0.2) is 0 Å². The van der Waals surface area contributed by atoms with Gasteiger partial charge in [-0.3, -0.25) is 9.59 Å². The summed E-state index contributed by atoms with van der Waals surface area (Å²) >= 11 is 0. The van der Waals surface area contributed by atoms with Crippen LogP contribution in [0.1, 0.15) is 18.9 Å². The summed E-state index contributed by atoms with van der Waals surface area (Å²) in [5.74, 6) is -0.709. The molecule has 2 aromatic carbocycles. The molecule has 28 heavy (non-hydrogen) atoms. The van der Waals surface area contributed by atoms with Crippen LogP contribution < -0.4 is 15.0 Å². The Morgan fingerprint density at radius 2 is 1.93 bits per heavy atom. The van der Waals surface area contributed by atoms with Crippen LogP contribution in [-0.2, 0) is 15.8 Å². The fourth-order valence-corrected chi connectivity index (χ4v) is 3.03. The molecule has 1 saturated heterocycles. The zero-order chi connectivity index (χ0) is 20.3. The van der Waals surface area contributed by atoms with Gasteiger partial charge in [0.15, 0.2) is 0 Å². The molecular weight excluding hydrogens is 373 g/mol. The molecule has 2 amide bonds. The molecule has 1 aliphatic rings. The number of ether oxygens (including phenoxy) is 1. The first-order chi connectivity index (χ1) is 13.3. The molecule has 0 radical (unpaired) electrons. The van der Waals surface area contributed by atoms with E-state index >= 15 is 0 Å². The molecule has 1 heterocycles. The van der Waals surface area contributed by atoms with E-state index in [1.165, 1.54) is 17.0 Å².